The Kier molecular flexibility index (Phi) is 8.34. The number of nitrogens with zero attached hydrogens (tertiary/aromatic N) is 1. The molecular formula is C65H59N. The van der Waals surface area contributed by atoms with Crippen LogP contribution in [-0.4, -0.2) is 0 Å². The van der Waals surface area contributed by atoms with Gasteiger partial charge < -0.3 is 4.90 Å². The number of hydrogen-bond donors (Lipinski definition) is 0. The minimum atomic E-state index is -0.466. The van der Waals surface area contributed by atoms with Gasteiger partial charge in [0.15, 0.2) is 0 Å². The number of rotatable bonds is 4. The highest BCUT2D eigenvalue weighted by Crippen LogP contribution is 2.65. The third-order valence-electron chi connectivity index (χ3n) is 17.3. The van der Waals surface area contributed by atoms with Gasteiger partial charge >= 0.3 is 0 Å². The lowest BCUT2D eigenvalue weighted by Gasteiger charge is -2.42. The van der Waals surface area contributed by atoms with Crippen LogP contribution in [-0.2, 0) is 34.5 Å². The van der Waals surface area contributed by atoms with Gasteiger partial charge in [-0.3, -0.25) is 0 Å². The lowest BCUT2D eigenvalue weighted by Crippen LogP contribution is -2.34. The van der Waals surface area contributed by atoms with E-state index in [0.29, 0.717) is 0 Å². The Bertz CT molecular complexity index is 3320. The van der Waals surface area contributed by atoms with Crippen molar-refractivity contribution in [3.8, 4) is 44.5 Å². The second-order valence-electron chi connectivity index (χ2n) is 22.1. The molecule has 66 heavy (non-hydrogen) atoms. The van der Waals surface area contributed by atoms with Gasteiger partial charge in [-0.1, -0.05) is 163 Å². The highest BCUT2D eigenvalue weighted by molar-refractivity contribution is 6.01. The normalized spacial score (nSPS) is 17.7. The second-order valence-corrected chi connectivity index (χ2v) is 22.1. The average molecular weight is 854 g/mol. The molecule has 1 spiro atoms. The molecule has 324 valence electrons. The minimum absolute atomic E-state index is 0.0485. The SMILES string of the molecule is Cc1ccc2c(c1-c1cc3c(cc1N(c1ccc4c(c1)C(C)(C)CCC4(C)C)c1ccc4c(c1)C(C)(C)c1ccccc1-4)C1(c4ccccc4-c4ccccc41)c1ccccc1-3)CCCC2. The molecule has 0 aromatic heterocycles. The van der Waals surface area contributed by atoms with E-state index in [4.69, 9.17) is 0 Å². The lowest BCUT2D eigenvalue weighted by atomic mass is 9.63. The zero-order valence-electron chi connectivity index (χ0n) is 39.7. The van der Waals surface area contributed by atoms with E-state index in [2.05, 4.69) is 211 Å². The van der Waals surface area contributed by atoms with Crippen LogP contribution in [0.15, 0.2) is 158 Å². The molecule has 0 heterocycles. The molecule has 8 aromatic rings. The maximum absolute atomic E-state index is 2.69. The number of benzene rings is 8. The van der Waals surface area contributed by atoms with Gasteiger partial charge in [-0.2, -0.15) is 0 Å². The Hall–Kier alpha value is -6.44. The quantitative estimate of drug-likeness (QED) is 0.170. The summed E-state index contributed by atoms with van der Waals surface area (Å²) < 4.78 is 0. The van der Waals surface area contributed by atoms with E-state index in [0.717, 1.165) is 12.8 Å². The van der Waals surface area contributed by atoms with E-state index in [1.54, 1.807) is 5.56 Å². The molecule has 0 saturated heterocycles. The number of fused-ring (bicyclic) bond motifs is 15. The van der Waals surface area contributed by atoms with Gasteiger partial charge in [0.25, 0.3) is 0 Å². The smallest absolute Gasteiger partial charge is 0.0726 e. The zero-order chi connectivity index (χ0) is 44.9. The van der Waals surface area contributed by atoms with Crippen LogP contribution in [0.4, 0.5) is 17.1 Å². The maximum atomic E-state index is 2.69. The summed E-state index contributed by atoms with van der Waals surface area (Å²) >= 11 is 0. The molecule has 5 aliphatic rings. The first-order chi connectivity index (χ1) is 31.9. The summed E-state index contributed by atoms with van der Waals surface area (Å²) in [7, 11) is 0. The number of hydrogen-bond acceptors (Lipinski definition) is 1. The highest BCUT2D eigenvalue weighted by Gasteiger charge is 2.52. The summed E-state index contributed by atoms with van der Waals surface area (Å²) in [5, 5.41) is 0. The summed E-state index contributed by atoms with van der Waals surface area (Å²) in [6, 6.07) is 62.1. The lowest BCUT2D eigenvalue weighted by molar-refractivity contribution is 0.332. The molecule has 8 aromatic carbocycles. The fraction of sp³-hybridized carbons (Fsp3) is 0.262. The van der Waals surface area contributed by atoms with E-state index in [1.165, 1.54) is 143 Å². The van der Waals surface area contributed by atoms with Crippen molar-refractivity contribution in [2.24, 2.45) is 0 Å². The Morgan fingerprint density at radius 1 is 0.394 bits per heavy atom. The third-order valence-corrected chi connectivity index (χ3v) is 17.3. The van der Waals surface area contributed by atoms with Crippen molar-refractivity contribution in [1.29, 1.82) is 0 Å². The van der Waals surface area contributed by atoms with Crippen molar-refractivity contribution in [3.63, 3.8) is 0 Å². The summed E-state index contributed by atoms with van der Waals surface area (Å²) in [6.07, 6.45) is 7.08. The van der Waals surface area contributed by atoms with Crippen LogP contribution >= 0.6 is 0 Å². The standard InChI is InChI=1S/C65H59N/c1-40-28-29-41-18-8-9-19-44(41)61(40)51-38-50-48-23-13-17-27-55(48)65(53-25-15-11-21-46(53)47-22-12-16-26-54(47)65)58(50)39-60(51)66(43-31-33-56-59(37-43)63(4,5)35-34-62(56,2)3)42-30-32-49-45-20-10-14-24-52(45)64(6,7)57(49)36-42/h10-17,20-33,36-39H,8-9,18-19,34-35H2,1-7H3. The monoisotopic (exact) mass is 853 g/mol. The van der Waals surface area contributed by atoms with Gasteiger partial charge in [0.2, 0.25) is 0 Å². The van der Waals surface area contributed by atoms with Crippen molar-refractivity contribution in [1.82, 2.24) is 0 Å². The average Bonchev–Trinajstić information content (AvgIpc) is 3.88. The molecule has 1 heteroatoms. The summed E-state index contributed by atoms with van der Waals surface area (Å²) in [5.74, 6) is 0. The molecule has 0 bridgehead atoms. The number of anilines is 3. The third kappa shape index (κ3) is 5.29. The predicted molar refractivity (Wildman–Crippen MR) is 277 cm³/mol. The summed E-state index contributed by atoms with van der Waals surface area (Å²) in [5.41, 5.74) is 29.8. The van der Waals surface area contributed by atoms with Gasteiger partial charge in [0.1, 0.15) is 0 Å². The summed E-state index contributed by atoms with van der Waals surface area (Å²) in [4.78, 5) is 2.69. The molecular weight excluding hydrogens is 795 g/mol. The van der Waals surface area contributed by atoms with Gasteiger partial charge in [0, 0.05) is 22.4 Å². The Morgan fingerprint density at radius 3 is 1.56 bits per heavy atom. The molecule has 0 radical (unpaired) electrons. The van der Waals surface area contributed by atoms with Crippen LogP contribution in [0.1, 0.15) is 128 Å². The first kappa shape index (κ1) is 39.9. The first-order valence-corrected chi connectivity index (χ1v) is 24.7. The van der Waals surface area contributed by atoms with Gasteiger partial charge in [0.05, 0.1) is 11.1 Å². The molecule has 5 aliphatic carbocycles. The molecule has 1 nitrogen and oxygen atoms in total. The second kappa shape index (κ2) is 13.8. The largest absolute Gasteiger partial charge is 0.310 e. The first-order valence-electron chi connectivity index (χ1n) is 24.7. The van der Waals surface area contributed by atoms with Crippen LogP contribution in [0.25, 0.3) is 44.5 Å². The van der Waals surface area contributed by atoms with Crippen LogP contribution in [0.2, 0.25) is 0 Å². The van der Waals surface area contributed by atoms with Crippen LogP contribution in [0.3, 0.4) is 0 Å². The molecule has 0 atom stereocenters. The molecule has 0 amide bonds. The van der Waals surface area contributed by atoms with Crippen molar-refractivity contribution in [2.45, 2.75) is 109 Å². The zero-order valence-corrected chi connectivity index (χ0v) is 39.7. The van der Waals surface area contributed by atoms with Gasteiger partial charge in [-0.05, 0) is 193 Å². The summed E-state index contributed by atoms with van der Waals surface area (Å²) in [6.45, 7) is 17.1. The van der Waals surface area contributed by atoms with Gasteiger partial charge in [-0.15, -0.1) is 0 Å². The van der Waals surface area contributed by atoms with Crippen LogP contribution < -0.4 is 4.90 Å². The van der Waals surface area contributed by atoms with Crippen molar-refractivity contribution >= 4 is 17.1 Å². The van der Waals surface area contributed by atoms with Crippen LogP contribution in [0.5, 0.6) is 0 Å². The van der Waals surface area contributed by atoms with Crippen molar-refractivity contribution in [2.75, 3.05) is 4.90 Å². The highest BCUT2D eigenvalue weighted by atomic mass is 15.1. The van der Waals surface area contributed by atoms with E-state index in [-0.39, 0.29) is 16.2 Å². The molecule has 0 N–H and O–H groups in total. The van der Waals surface area contributed by atoms with E-state index in [1.807, 2.05) is 0 Å². The van der Waals surface area contributed by atoms with Gasteiger partial charge in [-0.25, -0.2) is 0 Å². The topological polar surface area (TPSA) is 3.24 Å². The minimum Gasteiger partial charge on any atom is -0.310 e. The van der Waals surface area contributed by atoms with E-state index >= 15 is 0 Å². The molecule has 0 aliphatic heterocycles. The Labute approximate surface area is 392 Å². The van der Waals surface area contributed by atoms with Crippen molar-refractivity contribution in [3.05, 3.63) is 219 Å². The fourth-order valence-electron chi connectivity index (χ4n) is 13.8. The Morgan fingerprint density at radius 2 is 0.909 bits per heavy atom. The Balaban J connectivity index is 1.17. The molecule has 0 fully saturated rings. The molecule has 0 unspecified atom stereocenters. The van der Waals surface area contributed by atoms with Crippen LogP contribution in [0, 0.1) is 6.92 Å². The molecule has 13 rings (SSSR count). The predicted octanol–water partition coefficient (Wildman–Crippen LogP) is 17.0. The van der Waals surface area contributed by atoms with E-state index < -0.39 is 5.41 Å². The molecule has 0 saturated carbocycles. The number of aryl methyl sites for hydroxylation is 2. The maximum Gasteiger partial charge on any atom is 0.0726 e. The fourth-order valence-corrected chi connectivity index (χ4v) is 13.8. The van der Waals surface area contributed by atoms with Crippen molar-refractivity contribution < 1.29 is 0 Å². The van der Waals surface area contributed by atoms with E-state index in [9.17, 15) is 0 Å².